The summed E-state index contributed by atoms with van der Waals surface area (Å²) < 4.78 is 17.5. The molecule has 0 heterocycles. The van der Waals surface area contributed by atoms with E-state index in [9.17, 15) is 9.36 Å². The monoisotopic (exact) mass is 284 g/mol. The third-order valence-corrected chi connectivity index (χ3v) is 3.60. The SMILES string of the molecule is CC(C)C(=O)[C@H](C)NN[P@](C)(=O)Oc1ccccc1. The maximum absolute atomic E-state index is 12.2. The smallest absolute Gasteiger partial charge is 0.326 e. The Balaban J connectivity index is 2.52. The van der Waals surface area contributed by atoms with Gasteiger partial charge in [0.15, 0.2) is 5.78 Å². The number of hydrazine groups is 1. The third kappa shape index (κ3) is 5.55. The first-order valence-electron chi connectivity index (χ1n) is 6.20. The fourth-order valence-corrected chi connectivity index (χ4v) is 2.49. The normalized spacial score (nSPS) is 15.8. The molecule has 0 unspecified atom stereocenters. The lowest BCUT2D eigenvalue weighted by Gasteiger charge is -2.20. The molecule has 6 heteroatoms. The average Bonchev–Trinajstić information content (AvgIpc) is 2.35. The van der Waals surface area contributed by atoms with E-state index in [2.05, 4.69) is 10.6 Å². The van der Waals surface area contributed by atoms with Crippen LogP contribution in [-0.2, 0) is 9.36 Å². The Hall–Kier alpha value is -1.16. The van der Waals surface area contributed by atoms with Gasteiger partial charge in [0.25, 0.3) is 0 Å². The first-order valence-corrected chi connectivity index (χ1v) is 8.27. The maximum atomic E-state index is 12.2. The topological polar surface area (TPSA) is 67.4 Å². The highest BCUT2D eigenvalue weighted by atomic mass is 31.2. The summed E-state index contributed by atoms with van der Waals surface area (Å²) in [5, 5.41) is 2.61. The zero-order chi connectivity index (χ0) is 14.5. The molecule has 5 nitrogen and oxygen atoms in total. The van der Waals surface area contributed by atoms with Crippen molar-refractivity contribution in [1.82, 2.24) is 10.6 Å². The van der Waals surface area contributed by atoms with Crippen LogP contribution in [0.1, 0.15) is 20.8 Å². The zero-order valence-corrected chi connectivity index (χ0v) is 12.6. The highest BCUT2D eigenvalue weighted by Crippen LogP contribution is 2.37. The Morgan fingerprint density at radius 3 is 2.32 bits per heavy atom. The summed E-state index contributed by atoms with van der Waals surface area (Å²) >= 11 is 0. The molecule has 0 amide bonds. The van der Waals surface area contributed by atoms with E-state index in [1.54, 1.807) is 31.2 Å². The minimum atomic E-state index is -3.05. The van der Waals surface area contributed by atoms with Crippen molar-refractivity contribution in [2.75, 3.05) is 6.66 Å². The van der Waals surface area contributed by atoms with E-state index < -0.39 is 13.6 Å². The van der Waals surface area contributed by atoms with Gasteiger partial charge in [0.2, 0.25) is 0 Å². The predicted molar refractivity (Wildman–Crippen MR) is 76.2 cm³/mol. The molecule has 2 atom stereocenters. The Labute approximate surface area is 114 Å². The summed E-state index contributed by atoms with van der Waals surface area (Å²) in [5.74, 6) is 0.494. The van der Waals surface area contributed by atoms with Crippen LogP contribution in [-0.4, -0.2) is 18.5 Å². The molecule has 2 N–H and O–H groups in total. The lowest BCUT2D eigenvalue weighted by atomic mass is 10.0. The van der Waals surface area contributed by atoms with Gasteiger partial charge in [0.1, 0.15) is 5.75 Å². The van der Waals surface area contributed by atoms with E-state index in [-0.39, 0.29) is 11.7 Å². The van der Waals surface area contributed by atoms with Crippen LogP contribution in [0.4, 0.5) is 0 Å². The Morgan fingerprint density at radius 1 is 1.21 bits per heavy atom. The molecule has 0 aliphatic rings. The number of hydrogen-bond acceptors (Lipinski definition) is 4. The zero-order valence-electron chi connectivity index (χ0n) is 11.7. The summed E-state index contributed by atoms with van der Waals surface area (Å²) in [6, 6.07) is 8.47. The number of hydrogen-bond donors (Lipinski definition) is 2. The van der Waals surface area contributed by atoms with Crippen LogP contribution < -0.4 is 15.1 Å². The molecule has 0 saturated carbocycles. The van der Waals surface area contributed by atoms with Gasteiger partial charge < -0.3 is 4.52 Å². The maximum Gasteiger partial charge on any atom is 0.326 e. The fourth-order valence-electron chi connectivity index (χ4n) is 1.49. The van der Waals surface area contributed by atoms with Gasteiger partial charge in [0, 0.05) is 12.6 Å². The largest absolute Gasteiger partial charge is 0.432 e. The molecule has 19 heavy (non-hydrogen) atoms. The van der Waals surface area contributed by atoms with Crippen LogP contribution in [0.25, 0.3) is 0 Å². The molecule has 0 fully saturated rings. The lowest BCUT2D eigenvalue weighted by molar-refractivity contribution is -0.123. The van der Waals surface area contributed by atoms with E-state index >= 15 is 0 Å². The van der Waals surface area contributed by atoms with Gasteiger partial charge in [-0.3, -0.25) is 9.36 Å². The molecule has 0 spiro atoms. The van der Waals surface area contributed by atoms with Crippen LogP contribution >= 0.6 is 7.52 Å². The van der Waals surface area contributed by atoms with Crippen LogP contribution in [0.3, 0.4) is 0 Å². The van der Waals surface area contributed by atoms with E-state index in [1.165, 1.54) is 6.66 Å². The Morgan fingerprint density at radius 2 is 1.79 bits per heavy atom. The lowest BCUT2D eigenvalue weighted by Crippen LogP contribution is -2.44. The van der Waals surface area contributed by atoms with E-state index in [1.807, 2.05) is 19.9 Å². The standard InChI is InChI=1S/C13H21N2O3P/c1-10(2)13(16)11(3)14-15-19(4,17)18-12-8-6-5-7-9-12/h5-11,14H,1-4H3,(H,15,17)/t11-,19+/m0/s1. The summed E-state index contributed by atoms with van der Waals surface area (Å²) in [7, 11) is -3.05. The number of para-hydroxylation sites is 1. The van der Waals surface area contributed by atoms with Gasteiger partial charge in [-0.15, -0.1) is 0 Å². The van der Waals surface area contributed by atoms with Gasteiger partial charge in [-0.2, -0.15) is 5.20 Å². The molecule has 1 rings (SSSR count). The van der Waals surface area contributed by atoms with Crippen molar-refractivity contribution in [1.29, 1.82) is 0 Å². The molecule has 106 valence electrons. The number of carbonyl (C=O) groups is 1. The van der Waals surface area contributed by atoms with Gasteiger partial charge in [-0.05, 0) is 19.1 Å². The van der Waals surface area contributed by atoms with Gasteiger partial charge in [-0.1, -0.05) is 32.0 Å². The average molecular weight is 284 g/mol. The molecule has 0 saturated heterocycles. The first-order chi connectivity index (χ1) is 8.82. The van der Waals surface area contributed by atoms with Gasteiger partial charge in [-0.25, -0.2) is 5.43 Å². The summed E-state index contributed by atoms with van der Waals surface area (Å²) in [5.41, 5.74) is 2.74. The molecule has 0 aliphatic carbocycles. The highest BCUT2D eigenvalue weighted by molar-refractivity contribution is 7.56. The van der Waals surface area contributed by atoms with Crippen LogP contribution in [0, 0.1) is 5.92 Å². The third-order valence-electron chi connectivity index (χ3n) is 2.50. The van der Waals surface area contributed by atoms with Crippen molar-refractivity contribution in [3.05, 3.63) is 30.3 Å². The number of carbonyl (C=O) groups excluding carboxylic acids is 1. The second-order valence-electron chi connectivity index (χ2n) is 4.79. The highest BCUT2D eigenvalue weighted by Gasteiger charge is 2.21. The summed E-state index contributed by atoms with van der Waals surface area (Å²) in [6.07, 6.45) is 0. The van der Waals surface area contributed by atoms with Crippen molar-refractivity contribution >= 4 is 13.3 Å². The Kier molecular flexibility index (Phi) is 5.73. The molecule has 0 bridgehead atoms. The van der Waals surface area contributed by atoms with Gasteiger partial charge >= 0.3 is 7.52 Å². The quantitative estimate of drug-likeness (QED) is 0.595. The minimum absolute atomic E-state index is 0.0483. The molecule has 0 aromatic heterocycles. The predicted octanol–water partition coefficient (Wildman–Crippen LogP) is 2.60. The second kappa shape index (κ2) is 6.85. The van der Waals surface area contributed by atoms with E-state index in [0.29, 0.717) is 5.75 Å². The molecular weight excluding hydrogens is 263 g/mol. The van der Waals surface area contributed by atoms with Crippen LogP contribution in [0.2, 0.25) is 0 Å². The van der Waals surface area contributed by atoms with Crippen LogP contribution in [0.15, 0.2) is 30.3 Å². The second-order valence-corrected chi connectivity index (χ2v) is 6.88. The number of nitrogens with one attached hydrogen (secondary N) is 2. The number of Topliss-reactive ketones (excluding diaryl/α,β-unsaturated/α-hetero) is 1. The molecule has 1 aromatic rings. The fraction of sp³-hybridized carbons (Fsp3) is 0.462. The van der Waals surface area contributed by atoms with Crippen molar-refractivity contribution in [3.63, 3.8) is 0 Å². The molecule has 0 radical (unpaired) electrons. The summed E-state index contributed by atoms with van der Waals surface area (Å²) in [6.45, 7) is 6.83. The Bertz CT molecular complexity index is 462. The van der Waals surface area contributed by atoms with Crippen molar-refractivity contribution in [3.8, 4) is 5.75 Å². The number of benzene rings is 1. The van der Waals surface area contributed by atoms with Crippen molar-refractivity contribution in [2.24, 2.45) is 5.92 Å². The first kappa shape index (κ1) is 15.9. The molecule has 1 aromatic carbocycles. The van der Waals surface area contributed by atoms with Crippen molar-refractivity contribution < 1.29 is 13.9 Å². The minimum Gasteiger partial charge on any atom is -0.432 e. The van der Waals surface area contributed by atoms with Crippen molar-refractivity contribution in [2.45, 2.75) is 26.8 Å². The van der Waals surface area contributed by atoms with E-state index in [0.717, 1.165) is 0 Å². The van der Waals surface area contributed by atoms with Gasteiger partial charge in [0.05, 0.1) is 6.04 Å². The summed E-state index contributed by atoms with van der Waals surface area (Å²) in [4.78, 5) is 11.7. The number of rotatable bonds is 7. The molecule has 0 aliphatic heterocycles. The van der Waals surface area contributed by atoms with E-state index in [4.69, 9.17) is 4.52 Å². The molecular formula is C13H21N2O3P. The number of ketones is 1. The van der Waals surface area contributed by atoms with Crippen LogP contribution in [0.5, 0.6) is 5.75 Å².